The van der Waals surface area contributed by atoms with Crippen molar-refractivity contribution in [3.8, 4) is 11.1 Å². The van der Waals surface area contributed by atoms with E-state index in [4.69, 9.17) is 0 Å². The summed E-state index contributed by atoms with van der Waals surface area (Å²) in [5.41, 5.74) is 7.04. The molecular formula is C24H22O. The molecule has 1 aliphatic carbocycles. The molecule has 1 heteroatoms. The van der Waals surface area contributed by atoms with Crippen molar-refractivity contribution in [2.75, 3.05) is 0 Å². The molecule has 124 valence electrons. The largest absolute Gasteiger partial charge is 0.298 e. The first kappa shape index (κ1) is 15.8. The van der Waals surface area contributed by atoms with Gasteiger partial charge in [0.2, 0.25) is 0 Å². The lowest BCUT2D eigenvalue weighted by atomic mass is 9.52. The maximum Gasteiger partial charge on any atom is 0.150 e. The molecule has 0 bridgehead atoms. The molecule has 0 N–H and O–H groups in total. The quantitative estimate of drug-likeness (QED) is 0.547. The average molecular weight is 326 g/mol. The van der Waals surface area contributed by atoms with Crippen LogP contribution in [0.4, 0.5) is 0 Å². The second-order valence-corrected chi connectivity index (χ2v) is 7.58. The fraction of sp³-hybridized carbons (Fsp3) is 0.208. The molecule has 0 heterocycles. The third kappa shape index (κ3) is 2.05. The van der Waals surface area contributed by atoms with Crippen molar-refractivity contribution in [2.45, 2.75) is 31.6 Å². The maximum absolute atomic E-state index is 11.1. The second kappa shape index (κ2) is 5.42. The van der Waals surface area contributed by atoms with Gasteiger partial charge in [0, 0.05) is 16.4 Å². The van der Waals surface area contributed by atoms with E-state index in [9.17, 15) is 4.79 Å². The van der Waals surface area contributed by atoms with Crippen LogP contribution in [0.25, 0.3) is 11.1 Å². The highest BCUT2D eigenvalue weighted by Gasteiger charge is 2.49. The minimum Gasteiger partial charge on any atom is -0.298 e. The number of fused-ring (bicyclic) bond motifs is 3. The Bertz CT molecular complexity index is 950. The van der Waals surface area contributed by atoms with E-state index in [0.717, 1.165) is 11.8 Å². The molecule has 0 saturated heterocycles. The third-order valence-corrected chi connectivity index (χ3v) is 6.23. The van der Waals surface area contributed by atoms with Gasteiger partial charge in [0.25, 0.3) is 0 Å². The Hall–Kier alpha value is -2.67. The van der Waals surface area contributed by atoms with Crippen molar-refractivity contribution in [3.05, 3.63) is 95.1 Å². The fourth-order valence-corrected chi connectivity index (χ4v) is 4.43. The predicted octanol–water partition coefficient (Wildman–Crippen LogP) is 5.76. The van der Waals surface area contributed by atoms with Crippen molar-refractivity contribution < 1.29 is 4.79 Å². The normalized spacial score (nSPS) is 20.4. The number of aldehydes is 1. The van der Waals surface area contributed by atoms with Gasteiger partial charge in [-0.05, 0) is 27.8 Å². The summed E-state index contributed by atoms with van der Waals surface area (Å²) in [5, 5.41) is 0. The smallest absolute Gasteiger partial charge is 0.150 e. The van der Waals surface area contributed by atoms with Gasteiger partial charge in [0.15, 0.2) is 0 Å². The Morgan fingerprint density at radius 2 is 1.20 bits per heavy atom. The molecule has 3 aromatic carbocycles. The molecule has 1 atom stereocenters. The van der Waals surface area contributed by atoms with Crippen LogP contribution >= 0.6 is 0 Å². The molecule has 0 aliphatic heterocycles. The highest BCUT2D eigenvalue weighted by Crippen LogP contribution is 2.56. The van der Waals surface area contributed by atoms with E-state index < -0.39 is 0 Å². The van der Waals surface area contributed by atoms with E-state index in [-0.39, 0.29) is 10.8 Å². The zero-order chi connectivity index (χ0) is 17.7. The topological polar surface area (TPSA) is 17.1 Å². The molecule has 4 rings (SSSR count). The summed E-state index contributed by atoms with van der Waals surface area (Å²) in [6.45, 7) is 6.99. The predicted molar refractivity (Wildman–Crippen MR) is 103 cm³/mol. The van der Waals surface area contributed by atoms with Gasteiger partial charge in [-0.1, -0.05) is 93.6 Å². The third-order valence-electron chi connectivity index (χ3n) is 6.23. The van der Waals surface area contributed by atoms with Crippen LogP contribution in [0.5, 0.6) is 0 Å². The van der Waals surface area contributed by atoms with Crippen molar-refractivity contribution in [1.29, 1.82) is 0 Å². The summed E-state index contributed by atoms with van der Waals surface area (Å²) in [4.78, 5) is 11.1. The van der Waals surface area contributed by atoms with Crippen LogP contribution in [0.3, 0.4) is 0 Å². The van der Waals surface area contributed by atoms with Gasteiger partial charge in [-0.3, -0.25) is 4.79 Å². The highest BCUT2D eigenvalue weighted by atomic mass is 16.1. The van der Waals surface area contributed by atoms with Crippen LogP contribution in [0.2, 0.25) is 0 Å². The molecule has 0 amide bonds. The Morgan fingerprint density at radius 3 is 1.80 bits per heavy atom. The summed E-state index contributed by atoms with van der Waals surface area (Å²) in [7, 11) is 0. The minimum absolute atomic E-state index is 0.0827. The standard InChI is InChI=1S/C24H22O/c1-23(2)21-10-6-4-8-19(21)20-9-5-7-11-22(20)24(23,3)18-14-12-17(16-25)13-15-18/h4-16H,1-3H3. The molecule has 0 fully saturated rings. The molecule has 3 aromatic rings. The molecule has 0 saturated carbocycles. The van der Waals surface area contributed by atoms with Gasteiger partial charge < -0.3 is 0 Å². The molecule has 0 radical (unpaired) electrons. The molecule has 25 heavy (non-hydrogen) atoms. The lowest BCUT2D eigenvalue weighted by Crippen LogP contribution is -2.46. The second-order valence-electron chi connectivity index (χ2n) is 7.58. The van der Waals surface area contributed by atoms with Gasteiger partial charge in [-0.15, -0.1) is 0 Å². The number of carbonyl (C=O) groups excluding carboxylic acids is 1. The van der Waals surface area contributed by atoms with Crippen LogP contribution in [0.15, 0.2) is 72.8 Å². The Labute approximate surface area is 149 Å². The van der Waals surface area contributed by atoms with Crippen molar-refractivity contribution in [3.63, 3.8) is 0 Å². The van der Waals surface area contributed by atoms with Gasteiger partial charge in [-0.25, -0.2) is 0 Å². The number of rotatable bonds is 2. The van der Waals surface area contributed by atoms with Crippen LogP contribution in [0.1, 0.15) is 47.8 Å². The van der Waals surface area contributed by atoms with Gasteiger partial charge in [-0.2, -0.15) is 0 Å². The first-order chi connectivity index (χ1) is 12.0. The monoisotopic (exact) mass is 326 g/mol. The van der Waals surface area contributed by atoms with Gasteiger partial charge in [0.1, 0.15) is 6.29 Å². The van der Waals surface area contributed by atoms with E-state index in [1.807, 2.05) is 12.1 Å². The summed E-state index contributed by atoms with van der Waals surface area (Å²) in [6.07, 6.45) is 0.904. The van der Waals surface area contributed by atoms with Gasteiger partial charge >= 0.3 is 0 Å². The van der Waals surface area contributed by atoms with Crippen molar-refractivity contribution in [2.24, 2.45) is 0 Å². The summed E-state index contributed by atoms with van der Waals surface area (Å²) in [5.74, 6) is 0. The summed E-state index contributed by atoms with van der Waals surface area (Å²) >= 11 is 0. The zero-order valence-corrected chi connectivity index (χ0v) is 14.9. The molecular weight excluding hydrogens is 304 g/mol. The Kier molecular flexibility index (Phi) is 3.43. The minimum atomic E-state index is -0.181. The molecule has 0 aromatic heterocycles. The number of hydrogen-bond acceptors (Lipinski definition) is 1. The highest BCUT2D eigenvalue weighted by molar-refractivity contribution is 5.79. The van der Waals surface area contributed by atoms with Crippen LogP contribution in [-0.4, -0.2) is 6.29 Å². The van der Waals surface area contributed by atoms with E-state index in [0.29, 0.717) is 0 Å². The summed E-state index contributed by atoms with van der Waals surface area (Å²) < 4.78 is 0. The van der Waals surface area contributed by atoms with Crippen LogP contribution < -0.4 is 0 Å². The number of benzene rings is 3. The Morgan fingerprint density at radius 1 is 0.680 bits per heavy atom. The van der Waals surface area contributed by atoms with Crippen LogP contribution in [-0.2, 0) is 10.8 Å². The van der Waals surface area contributed by atoms with E-state index in [1.54, 1.807) is 0 Å². The zero-order valence-electron chi connectivity index (χ0n) is 14.9. The SMILES string of the molecule is CC1(C)c2ccccc2-c2ccccc2C1(C)c1ccc(C=O)cc1. The number of carbonyl (C=O) groups is 1. The average Bonchev–Trinajstić information content (AvgIpc) is 2.66. The summed E-state index contributed by atoms with van der Waals surface area (Å²) in [6, 6.07) is 25.5. The first-order valence-electron chi connectivity index (χ1n) is 8.75. The first-order valence-corrected chi connectivity index (χ1v) is 8.75. The maximum atomic E-state index is 11.1. The van der Waals surface area contributed by atoms with E-state index in [1.165, 1.54) is 27.8 Å². The Balaban J connectivity index is 2.06. The van der Waals surface area contributed by atoms with Crippen molar-refractivity contribution in [1.82, 2.24) is 0 Å². The molecule has 1 nitrogen and oxygen atoms in total. The van der Waals surface area contributed by atoms with Crippen LogP contribution in [0, 0.1) is 0 Å². The molecule has 0 spiro atoms. The molecule has 1 unspecified atom stereocenters. The van der Waals surface area contributed by atoms with E-state index >= 15 is 0 Å². The van der Waals surface area contributed by atoms with Gasteiger partial charge in [0.05, 0.1) is 0 Å². The lowest BCUT2D eigenvalue weighted by Gasteiger charge is -2.50. The fourth-order valence-electron chi connectivity index (χ4n) is 4.43. The van der Waals surface area contributed by atoms with Crippen molar-refractivity contribution >= 4 is 6.29 Å². The lowest BCUT2D eigenvalue weighted by molar-refractivity contribution is 0.112. The van der Waals surface area contributed by atoms with E-state index in [2.05, 4.69) is 81.4 Å². The molecule has 1 aliphatic rings. The number of hydrogen-bond donors (Lipinski definition) is 0.